The minimum absolute atomic E-state index is 0.0861. The molecular weight excluding hydrogens is 949 g/mol. The van der Waals surface area contributed by atoms with Crippen molar-refractivity contribution < 1.29 is 28.6 Å². The zero-order valence-corrected chi connectivity index (χ0v) is 50.4. The molecule has 0 bridgehead atoms. The van der Waals surface area contributed by atoms with Gasteiger partial charge < -0.3 is 14.2 Å². The number of rotatable bonds is 58. The van der Waals surface area contributed by atoms with Crippen LogP contribution in [0.3, 0.4) is 0 Å². The molecule has 6 nitrogen and oxygen atoms in total. The highest BCUT2D eigenvalue weighted by Gasteiger charge is 2.19. The molecule has 0 spiro atoms. The summed E-state index contributed by atoms with van der Waals surface area (Å²) in [7, 11) is 0. The average Bonchev–Trinajstić information content (AvgIpc) is 3.43. The van der Waals surface area contributed by atoms with E-state index >= 15 is 0 Å². The van der Waals surface area contributed by atoms with Crippen LogP contribution >= 0.6 is 0 Å². The first-order valence-electron chi connectivity index (χ1n) is 32.4. The highest BCUT2D eigenvalue weighted by molar-refractivity contribution is 5.71. The molecule has 0 aliphatic rings. The van der Waals surface area contributed by atoms with E-state index in [-0.39, 0.29) is 31.1 Å². The summed E-state index contributed by atoms with van der Waals surface area (Å²) in [5.41, 5.74) is 0. The Bertz CT molecular complexity index is 1560. The molecule has 1 unspecified atom stereocenters. The number of ether oxygens (including phenoxy) is 3. The second-order valence-electron chi connectivity index (χ2n) is 21.3. The van der Waals surface area contributed by atoms with Crippen molar-refractivity contribution in [3.63, 3.8) is 0 Å². The van der Waals surface area contributed by atoms with Crippen LogP contribution in [0.15, 0.2) is 109 Å². The summed E-state index contributed by atoms with van der Waals surface area (Å²) >= 11 is 0. The predicted molar refractivity (Wildman–Crippen MR) is 334 cm³/mol. The van der Waals surface area contributed by atoms with E-state index in [4.69, 9.17) is 14.2 Å². The molecule has 1 atom stereocenters. The van der Waals surface area contributed by atoms with Crippen LogP contribution in [0, 0.1) is 0 Å². The number of allylic oxidation sites excluding steroid dienone is 18. The van der Waals surface area contributed by atoms with E-state index in [2.05, 4.69) is 130 Å². The van der Waals surface area contributed by atoms with Gasteiger partial charge in [0.1, 0.15) is 13.2 Å². The van der Waals surface area contributed by atoms with Crippen molar-refractivity contribution in [1.82, 2.24) is 0 Å². The first-order valence-corrected chi connectivity index (χ1v) is 32.4. The third-order valence-corrected chi connectivity index (χ3v) is 13.7. The standard InChI is InChI=1S/C71H120O6/c1-4-7-10-13-16-19-22-25-28-30-31-32-33-34-35-36-37-38-39-41-43-46-49-52-55-58-61-64-70(73)76-67-68(66-75-69(72)63-60-57-54-51-48-45-42-27-24-21-18-15-12-9-6-3)77-71(74)65-62-59-56-53-50-47-44-40-29-26-23-20-17-14-11-8-5-2/h7-8,10-11,16-17,19-20,25-29,31-32,34-35,42,68H,4-6,9,12-15,18,21-24,30,33,36-41,43-67H2,1-3H3/b10-7-,11-8-,19-16-,20-17-,28-25-,29-26-,32-31-,35-34-,42-27-. The summed E-state index contributed by atoms with van der Waals surface area (Å²) in [4.78, 5) is 38.3. The lowest BCUT2D eigenvalue weighted by molar-refractivity contribution is -0.167. The number of carbonyl (C=O) groups is 3. The van der Waals surface area contributed by atoms with Crippen molar-refractivity contribution in [2.75, 3.05) is 13.2 Å². The Labute approximate surface area is 476 Å². The molecule has 6 heteroatoms. The fourth-order valence-electron chi connectivity index (χ4n) is 8.95. The quantitative estimate of drug-likeness (QED) is 0.0261. The SMILES string of the molecule is CC/C=C\C/C=C\C/C=C\C/C=C\C/C=C\CCCCCCCCCCCCCC(=O)OCC(COC(=O)CCCCCCC/C=C\CCCCCCCC)OC(=O)CCCCCCCCC/C=C\C/C=C\C/C=C\CC. The van der Waals surface area contributed by atoms with Crippen LogP contribution in [-0.2, 0) is 28.6 Å². The topological polar surface area (TPSA) is 78.9 Å². The lowest BCUT2D eigenvalue weighted by Crippen LogP contribution is -2.30. The smallest absolute Gasteiger partial charge is 0.306 e. The van der Waals surface area contributed by atoms with E-state index in [0.29, 0.717) is 19.3 Å². The van der Waals surface area contributed by atoms with Gasteiger partial charge in [-0.05, 0) is 122 Å². The summed E-state index contributed by atoms with van der Waals surface area (Å²) in [6, 6.07) is 0. The Balaban J connectivity index is 4.34. The Morgan fingerprint density at radius 1 is 0.273 bits per heavy atom. The monoisotopic (exact) mass is 1070 g/mol. The number of hydrogen-bond donors (Lipinski definition) is 0. The third-order valence-electron chi connectivity index (χ3n) is 13.7. The molecule has 0 amide bonds. The fraction of sp³-hybridized carbons (Fsp3) is 0.704. The molecule has 0 N–H and O–H groups in total. The van der Waals surface area contributed by atoms with E-state index in [1.807, 2.05) is 0 Å². The second kappa shape index (κ2) is 64.6. The van der Waals surface area contributed by atoms with Crippen LogP contribution in [-0.4, -0.2) is 37.2 Å². The first kappa shape index (κ1) is 73.1. The molecule has 0 saturated heterocycles. The second-order valence-corrected chi connectivity index (χ2v) is 21.3. The number of unbranched alkanes of at least 4 members (excludes halogenated alkanes) is 29. The van der Waals surface area contributed by atoms with E-state index in [1.54, 1.807) is 0 Å². The van der Waals surface area contributed by atoms with Crippen LogP contribution < -0.4 is 0 Å². The van der Waals surface area contributed by atoms with Crippen LogP contribution in [0.2, 0.25) is 0 Å². The summed E-state index contributed by atoms with van der Waals surface area (Å²) in [6.45, 7) is 6.42. The van der Waals surface area contributed by atoms with E-state index < -0.39 is 6.10 Å². The lowest BCUT2D eigenvalue weighted by Gasteiger charge is -2.18. The molecular formula is C71H120O6. The highest BCUT2D eigenvalue weighted by atomic mass is 16.6. The fourth-order valence-corrected chi connectivity index (χ4v) is 8.95. The van der Waals surface area contributed by atoms with Gasteiger partial charge in [0, 0.05) is 19.3 Å². The minimum Gasteiger partial charge on any atom is -0.462 e. The van der Waals surface area contributed by atoms with E-state index in [0.717, 1.165) is 122 Å². The van der Waals surface area contributed by atoms with Crippen molar-refractivity contribution in [2.24, 2.45) is 0 Å². The maximum Gasteiger partial charge on any atom is 0.306 e. The van der Waals surface area contributed by atoms with Crippen molar-refractivity contribution in [3.8, 4) is 0 Å². The van der Waals surface area contributed by atoms with Crippen LogP contribution in [0.4, 0.5) is 0 Å². The maximum atomic E-state index is 12.9. The average molecular weight is 1070 g/mol. The minimum atomic E-state index is -0.790. The summed E-state index contributed by atoms with van der Waals surface area (Å²) in [5.74, 6) is -0.899. The highest BCUT2D eigenvalue weighted by Crippen LogP contribution is 2.16. The molecule has 0 aliphatic heterocycles. The summed E-state index contributed by atoms with van der Waals surface area (Å²) in [6.07, 6.45) is 88.1. The van der Waals surface area contributed by atoms with Gasteiger partial charge in [0.15, 0.2) is 6.10 Å². The number of esters is 3. The predicted octanol–water partition coefficient (Wildman–Crippen LogP) is 22.2. The van der Waals surface area contributed by atoms with Gasteiger partial charge in [-0.3, -0.25) is 14.4 Å². The summed E-state index contributed by atoms with van der Waals surface area (Å²) in [5, 5.41) is 0. The molecule has 0 aromatic rings. The number of carbonyl (C=O) groups excluding carboxylic acids is 3. The van der Waals surface area contributed by atoms with Crippen LogP contribution in [0.25, 0.3) is 0 Å². The zero-order valence-electron chi connectivity index (χ0n) is 50.4. The molecule has 0 heterocycles. The molecule has 0 rings (SSSR count). The van der Waals surface area contributed by atoms with Gasteiger partial charge in [-0.25, -0.2) is 0 Å². The van der Waals surface area contributed by atoms with Gasteiger partial charge in [0.05, 0.1) is 0 Å². The molecule has 0 saturated carbocycles. The van der Waals surface area contributed by atoms with Crippen LogP contribution in [0.5, 0.6) is 0 Å². The van der Waals surface area contributed by atoms with Crippen molar-refractivity contribution in [1.29, 1.82) is 0 Å². The molecule has 0 fully saturated rings. The lowest BCUT2D eigenvalue weighted by atomic mass is 10.0. The zero-order chi connectivity index (χ0) is 55.7. The Morgan fingerprint density at radius 3 is 0.805 bits per heavy atom. The van der Waals surface area contributed by atoms with Crippen LogP contribution in [0.1, 0.15) is 303 Å². The van der Waals surface area contributed by atoms with Gasteiger partial charge in [-0.2, -0.15) is 0 Å². The molecule has 0 aromatic carbocycles. The normalized spacial score (nSPS) is 12.8. The Morgan fingerprint density at radius 2 is 0.506 bits per heavy atom. The largest absolute Gasteiger partial charge is 0.462 e. The van der Waals surface area contributed by atoms with Gasteiger partial charge in [0.25, 0.3) is 0 Å². The molecule has 77 heavy (non-hydrogen) atoms. The Hall–Kier alpha value is -3.93. The van der Waals surface area contributed by atoms with Gasteiger partial charge in [0.2, 0.25) is 0 Å². The maximum absolute atomic E-state index is 12.9. The van der Waals surface area contributed by atoms with Crippen molar-refractivity contribution in [2.45, 2.75) is 309 Å². The molecule has 0 radical (unpaired) electrons. The Kier molecular flexibility index (Phi) is 61.3. The molecule has 440 valence electrons. The van der Waals surface area contributed by atoms with Crippen molar-refractivity contribution >= 4 is 17.9 Å². The van der Waals surface area contributed by atoms with E-state index in [1.165, 1.54) is 141 Å². The first-order chi connectivity index (χ1) is 38.0. The van der Waals surface area contributed by atoms with Crippen molar-refractivity contribution in [3.05, 3.63) is 109 Å². The van der Waals surface area contributed by atoms with Gasteiger partial charge >= 0.3 is 17.9 Å². The third kappa shape index (κ3) is 62.8. The van der Waals surface area contributed by atoms with E-state index in [9.17, 15) is 14.4 Å². The molecule has 0 aliphatic carbocycles. The summed E-state index contributed by atoms with van der Waals surface area (Å²) < 4.78 is 16.9. The van der Waals surface area contributed by atoms with Gasteiger partial charge in [-0.1, -0.05) is 271 Å². The van der Waals surface area contributed by atoms with Gasteiger partial charge in [-0.15, -0.1) is 0 Å². The number of hydrogen-bond acceptors (Lipinski definition) is 6. The molecule has 0 aromatic heterocycles.